The number of fused-ring (bicyclic) bond motifs is 3. The summed E-state index contributed by atoms with van der Waals surface area (Å²) in [5.74, 6) is 0.807. The van der Waals surface area contributed by atoms with E-state index < -0.39 is 9.84 Å². The minimum absolute atomic E-state index is 0.106. The van der Waals surface area contributed by atoms with Crippen molar-refractivity contribution < 1.29 is 8.42 Å². The Morgan fingerprint density at radius 2 is 1.52 bits per heavy atom. The molecule has 2 aromatic heterocycles. The molecule has 0 N–H and O–H groups in total. The van der Waals surface area contributed by atoms with Crippen LogP contribution in [0.3, 0.4) is 0 Å². The first-order valence-electron chi connectivity index (χ1n) is 9.85. The van der Waals surface area contributed by atoms with E-state index in [1.54, 1.807) is 30.3 Å². The van der Waals surface area contributed by atoms with Crippen LogP contribution in [-0.4, -0.2) is 41.3 Å². The van der Waals surface area contributed by atoms with Gasteiger partial charge in [0.05, 0.1) is 10.4 Å². The lowest BCUT2D eigenvalue weighted by atomic mass is 10.2. The summed E-state index contributed by atoms with van der Waals surface area (Å²) < 4.78 is 28.0. The summed E-state index contributed by atoms with van der Waals surface area (Å²) in [5.41, 5.74) is 1.07. The zero-order valence-corrected chi connectivity index (χ0v) is 16.7. The van der Waals surface area contributed by atoms with Gasteiger partial charge in [0.25, 0.3) is 0 Å². The topological polar surface area (TPSA) is 80.5 Å². The van der Waals surface area contributed by atoms with E-state index in [0.717, 1.165) is 42.7 Å². The van der Waals surface area contributed by atoms with E-state index in [-0.39, 0.29) is 15.6 Å². The van der Waals surface area contributed by atoms with E-state index in [4.69, 9.17) is 4.98 Å². The second-order valence-electron chi connectivity index (χ2n) is 7.30. The number of hydrogen-bond donors (Lipinski definition) is 0. The molecule has 0 amide bonds. The molecule has 4 aromatic rings. The Bertz CT molecular complexity index is 1280. The van der Waals surface area contributed by atoms with Crippen molar-refractivity contribution in [2.45, 2.75) is 35.6 Å². The predicted octanol–water partition coefficient (Wildman–Crippen LogP) is 3.49. The molecule has 29 heavy (non-hydrogen) atoms. The highest BCUT2D eigenvalue weighted by Gasteiger charge is 2.27. The molecule has 2 aromatic carbocycles. The van der Waals surface area contributed by atoms with Crippen LogP contribution in [0.1, 0.15) is 25.7 Å². The van der Waals surface area contributed by atoms with Crippen LogP contribution in [-0.2, 0) is 9.84 Å². The minimum atomic E-state index is -3.82. The average molecular weight is 407 g/mol. The first-order chi connectivity index (χ1) is 14.2. The summed E-state index contributed by atoms with van der Waals surface area (Å²) in [5, 5.41) is 9.04. The molecule has 1 saturated heterocycles. The van der Waals surface area contributed by atoms with Crippen LogP contribution in [0.15, 0.2) is 64.5 Å². The smallest absolute Gasteiger partial charge is 0.229 e. The van der Waals surface area contributed by atoms with Gasteiger partial charge in [0.15, 0.2) is 5.65 Å². The molecule has 3 heterocycles. The number of anilines is 1. The number of hydrogen-bond acceptors (Lipinski definition) is 6. The van der Waals surface area contributed by atoms with Gasteiger partial charge >= 0.3 is 0 Å². The van der Waals surface area contributed by atoms with Gasteiger partial charge in [0, 0.05) is 18.5 Å². The van der Waals surface area contributed by atoms with Gasteiger partial charge in [-0.05, 0) is 37.1 Å². The molecule has 0 aliphatic carbocycles. The molecule has 1 aliphatic heterocycles. The normalized spacial score (nSPS) is 15.7. The molecule has 0 spiro atoms. The van der Waals surface area contributed by atoms with Crippen molar-refractivity contribution in [2.24, 2.45) is 0 Å². The number of aromatic nitrogens is 4. The predicted molar refractivity (Wildman–Crippen MR) is 111 cm³/mol. The maximum absolute atomic E-state index is 13.2. The molecular weight excluding hydrogens is 386 g/mol. The van der Waals surface area contributed by atoms with Crippen LogP contribution in [0, 0.1) is 0 Å². The van der Waals surface area contributed by atoms with Crippen LogP contribution in [0.25, 0.3) is 16.6 Å². The van der Waals surface area contributed by atoms with E-state index in [0.29, 0.717) is 0 Å². The maximum Gasteiger partial charge on any atom is 0.229 e. The van der Waals surface area contributed by atoms with E-state index in [1.165, 1.54) is 17.4 Å². The van der Waals surface area contributed by atoms with Crippen LogP contribution in [0.5, 0.6) is 0 Å². The van der Waals surface area contributed by atoms with Crippen molar-refractivity contribution in [3.63, 3.8) is 0 Å². The molecule has 0 radical (unpaired) electrons. The third kappa shape index (κ3) is 3.04. The van der Waals surface area contributed by atoms with Crippen molar-refractivity contribution >= 4 is 32.2 Å². The zero-order valence-electron chi connectivity index (χ0n) is 15.9. The Morgan fingerprint density at radius 1 is 0.828 bits per heavy atom. The summed E-state index contributed by atoms with van der Waals surface area (Å²) in [6.45, 7) is 1.82. The lowest BCUT2D eigenvalue weighted by molar-refractivity contribution is 0.592. The summed E-state index contributed by atoms with van der Waals surface area (Å²) in [4.78, 5) is 7.26. The molecule has 5 rings (SSSR count). The summed E-state index contributed by atoms with van der Waals surface area (Å²) >= 11 is 0. The van der Waals surface area contributed by atoms with Crippen LogP contribution >= 0.6 is 0 Å². The molecule has 0 saturated carbocycles. The van der Waals surface area contributed by atoms with Gasteiger partial charge in [-0.25, -0.2) is 13.4 Å². The fourth-order valence-electron chi connectivity index (χ4n) is 3.94. The Balaban J connectivity index is 1.77. The first-order valence-corrected chi connectivity index (χ1v) is 11.3. The number of nitrogens with zero attached hydrogens (tertiary/aromatic N) is 5. The average Bonchev–Trinajstić information content (AvgIpc) is 3.02. The molecule has 148 valence electrons. The second-order valence-corrected chi connectivity index (χ2v) is 9.17. The maximum atomic E-state index is 13.2. The Labute approximate surface area is 168 Å². The first kappa shape index (κ1) is 18.1. The van der Waals surface area contributed by atoms with E-state index in [1.807, 2.05) is 24.3 Å². The minimum Gasteiger partial charge on any atom is -0.356 e. The second kappa shape index (κ2) is 7.11. The lowest BCUT2D eigenvalue weighted by Crippen LogP contribution is -2.25. The third-order valence-electron chi connectivity index (χ3n) is 5.42. The Hall–Kier alpha value is -3.00. The van der Waals surface area contributed by atoms with Gasteiger partial charge < -0.3 is 4.90 Å². The molecule has 7 nitrogen and oxygen atoms in total. The highest BCUT2D eigenvalue weighted by Crippen LogP contribution is 2.30. The van der Waals surface area contributed by atoms with Gasteiger partial charge in [-0.3, -0.25) is 0 Å². The van der Waals surface area contributed by atoms with Crippen LogP contribution < -0.4 is 4.90 Å². The molecule has 0 unspecified atom stereocenters. The molecular formula is C21H21N5O2S. The van der Waals surface area contributed by atoms with Crippen molar-refractivity contribution in [2.75, 3.05) is 18.0 Å². The van der Waals surface area contributed by atoms with Crippen molar-refractivity contribution in [3.05, 3.63) is 54.6 Å². The lowest BCUT2D eigenvalue weighted by Gasteiger charge is -2.23. The zero-order chi connectivity index (χ0) is 19.8. The van der Waals surface area contributed by atoms with Gasteiger partial charge in [-0.2, -0.15) is 4.52 Å². The highest BCUT2D eigenvalue weighted by molar-refractivity contribution is 7.91. The Kier molecular flexibility index (Phi) is 4.43. The number of rotatable bonds is 3. The fourth-order valence-corrected chi connectivity index (χ4v) is 5.19. The van der Waals surface area contributed by atoms with E-state index in [9.17, 15) is 8.42 Å². The van der Waals surface area contributed by atoms with Gasteiger partial charge in [-0.15, -0.1) is 5.10 Å². The quantitative estimate of drug-likeness (QED) is 0.517. The molecule has 0 atom stereocenters. The highest BCUT2D eigenvalue weighted by atomic mass is 32.2. The SMILES string of the molecule is O=S(=O)(c1ccccc1)c1nnn2c1nc(N1CCCCCC1)c1ccccc12. The molecule has 1 aliphatic rings. The van der Waals surface area contributed by atoms with Gasteiger partial charge in [0.2, 0.25) is 14.9 Å². The van der Waals surface area contributed by atoms with Crippen molar-refractivity contribution in [1.29, 1.82) is 0 Å². The van der Waals surface area contributed by atoms with E-state index in [2.05, 4.69) is 15.2 Å². The van der Waals surface area contributed by atoms with E-state index >= 15 is 0 Å². The molecule has 0 bridgehead atoms. The Morgan fingerprint density at radius 3 is 2.28 bits per heavy atom. The standard InChI is InChI=1S/C21H21N5O2S/c27-29(28,16-10-4-3-5-11-16)21-20-22-19(25-14-8-1-2-9-15-25)17-12-6-7-13-18(17)26(20)24-23-21/h3-7,10-13H,1-2,8-9,14-15H2. The summed E-state index contributed by atoms with van der Waals surface area (Å²) in [6, 6.07) is 16.1. The van der Waals surface area contributed by atoms with Crippen LogP contribution in [0.4, 0.5) is 5.82 Å². The van der Waals surface area contributed by atoms with Crippen molar-refractivity contribution in [1.82, 2.24) is 19.8 Å². The number of sulfone groups is 1. The fraction of sp³-hybridized carbons (Fsp3) is 0.286. The molecule has 8 heteroatoms. The third-order valence-corrected chi connectivity index (χ3v) is 7.08. The van der Waals surface area contributed by atoms with Gasteiger partial charge in [-0.1, -0.05) is 48.4 Å². The summed E-state index contributed by atoms with van der Waals surface area (Å²) in [7, 11) is -3.82. The summed E-state index contributed by atoms with van der Waals surface area (Å²) in [6.07, 6.45) is 4.62. The van der Waals surface area contributed by atoms with Crippen molar-refractivity contribution in [3.8, 4) is 0 Å². The molecule has 1 fully saturated rings. The monoisotopic (exact) mass is 407 g/mol. The van der Waals surface area contributed by atoms with Gasteiger partial charge in [0.1, 0.15) is 5.82 Å². The number of para-hydroxylation sites is 1. The van der Waals surface area contributed by atoms with Crippen LogP contribution in [0.2, 0.25) is 0 Å². The largest absolute Gasteiger partial charge is 0.356 e. The number of benzene rings is 2.